The zero-order chi connectivity index (χ0) is 20.3. The van der Waals surface area contributed by atoms with Crippen LogP contribution in [-0.2, 0) is 6.54 Å². The average Bonchev–Trinajstić information content (AvgIpc) is 3.05. The summed E-state index contributed by atoms with van der Waals surface area (Å²) in [7, 11) is 1.59. The van der Waals surface area contributed by atoms with Crippen molar-refractivity contribution in [1.29, 1.82) is 0 Å². The molecule has 0 aliphatic rings. The number of rotatable bonds is 5. The molecule has 0 saturated carbocycles. The van der Waals surface area contributed by atoms with Crippen LogP contribution in [0.4, 0.5) is 0 Å². The van der Waals surface area contributed by atoms with Crippen LogP contribution < -0.4 is 15.4 Å². The van der Waals surface area contributed by atoms with Crippen LogP contribution in [0.2, 0.25) is 0 Å². The first-order valence-electron chi connectivity index (χ1n) is 9.00. The van der Waals surface area contributed by atoms with Crippen LogP contribution in [0.3, 0.4) is 0 Å². The molecule has 1 aromatic carbocycles. The molecule has 0 spiro atoms. The molecular weight excluding hydrogens is 356 g/mol. The zero-order valence-corrected chi connectivity index (χ0v) is 16.4. The molecule has 2 aromatic heterocycles. The van der Waals surface area contributed by atoms with Crippen molar-refractivity contribution in [3.63, 3.8) is 0 Å². The number of nitrogens with zero attached hydrogens (tertiary/aromatic N) is 2. The Labute approximate surface area is 163 Å². The second-order valence-corrected chi connectivity index (χ2v) is 7.44. The number of ether oxygens (including phenoxy) is 1. The van der Waals surface area contributed by atoms with Crippen molar-refractivity contribution in [3.8, 4) is 5.75 Å². The van der Waals surface area contributed by atoms with Crippen molar-refractivity contribution in [2.24, 2.45) is 0 Å². The molecule has 7 heteroatoms. The number of carbonyl (C=O) groups excluding carboxylic acids is 2. The lowest BCUT2D eigenvalue weighted by Crippen LogP contribution is -2.40. The first kappa shape index (κ1) is 19.4. The van der Waals surface area contributed by atoms with Gasteiger partial charge in [0.15, 0.2) is 5.69 Å². The molecule has 0 fully saturated rings. The summed E-state index contributed by atoms with van der Waals surface area (Å²) in [5, 5.41) is 5.74. The third-order valence-corrected chi connectivity index (χ3v) is 4.09. The summed E-state index contributed by atoms with van der Waals surface area (Å²) in [5.41, 5.74) is 1.24. The summed E-state index contributed by atoms with van der Waals surface area (Å²) < 4.78 is 6.93. The van der Waals surface area contributed by atoms with Crippen LogP contribution >= 0.6 is 0 Å². The van der Waals surface area contributed by atoms with E-state index in [9.17, 15) is 9.59 Å². The van der Waals surface area contributed by atoms with Crippen molar-refractivity contribution in [2.75, 3.05) is 7.11 Å². The molecule has 0 radical (unpaired) electrons. The van der Waals surface area contributed by atoms with Crippen molar-refractivity contribution in [2.45, 2.75) is 32.9 Å². The quantitative estimate of drug-likeness (QED) is 0.713. The standard InChI is InChI=1S/C21H24N4O3/c1-21(2,3)24-19(26)17-15-10-7-8-12-25(15)18(23-17)20(27)22-13-14-9-5-6-11-16(14)28-4/h5-12H,13H2,1-4H3,(H,22,27)(H,24,26). The van der Waals surface area contributed by atoms with Gasteiger partial charge in [-0.25, -0.2) is 4.98 Å². The molecule has 0 unspecified atom stereocenters. The number of nitrogens with one attached hydrogen (secondary N) is 2. The van der Waals surface area contributed by atoms with E-state index in [1.54, 1.807) is 35.9 Å². The highest BCUT2D eigenvalue weighted by atomic mass is 16.5. The summed E-state index contributed by atoms with van der Waals surface area (Å²) >= 11 is 0. The Morgan fingerprint density at radius 1 is 1.07 bits per heavy atom. The number of hydrogen-bond acceptors (Lipinski definition) is 4. The molecule has 7 nitrogen and oxygen atoms in total. The fraction of sp³-hybridized carbons (Fsp3) is 0.286. The number of benzene rings is 1. The molecule has 0 saturated heterocycles. The second kappa shape index (κ2) is 7.72. The first-order valence-corrected chi connectivity index (χ1v) is 9.00. The van der Waals surface area contributed by atoms with E-state index in [0.29, 0.717) is 11.3 Å². The molecule has 3 aromatic rings. The monoisotopic (exact) mass is 380 g/mol. The van der Waals surface area contributed by atoms with E-state index in [-0.39, 0.29) is 29.9 Å². The Kier molecular flexibility index (Phi) is 5.35. The minimum atomic E-state index is -0.409. The lowest BCUT2D eigenvalue weighted by Gasteiger charge is -2.19. The van der Waals surface area contributed by atoms with E-state index in [0.717, 1.165) is 5.56 Å². The van der Waals surface area contributed by atoms with E-state index < -0.39 is 5.54 Å². The maximum Gasteiger partial charge on any atom is 0.287 e. The molecule has 0 bridgehead atoms. The smallest absolute Gasteiger partial charge is 0.287 e. The van der Waals surface area contributed by atoms with E-state index in [1.165, 1.54) is 0 Å². The molecular formula is C21H24N4O3. The SMILES string of the molecule is COc1ccccc1CNC(=O)c1nc(C(=O)NC(C)(C)C)c2ccccn12. The summed E-state index contributed by atoms with van der Waals surface area (Å²) in [6.45, 7) is 5.96. The minimum absolute atomic E-state index is 0.157. The zero-order valence-electron chi connectivity index (χ0n) is 16.4. The van der Waals surface area contributed by atoms with Gasteiger partial charge in [0, 0.05) is 23.8 Å². The maximum absolute atomic E-state index is 12.8. The number of imidazole rings is 1. The Bertz CT molecular complexity index is 1020. The van der Waals surface area contributed by atoms with Gasteiger partial charge in [0.25, 0.3) is 11.8 Å². The highest BCUT2D eigenvalue weighted by Gasteiger charge is 2.24. The van der Waals surface area contributed by atoms with Crippen LogP contribution in [-0.4, -0.2) is 33.8 Å². The van der Waals surface area contributed by atoms with Crippen LogP contribution in [0.15, 0.2) is 48.7 Å². The van der Waals surface area contributed by atoms with Gasteiger partial charge in [-0.2, -0.15) is 0 Å². The molecule has 0 aliphatic heterocycles. The van der Waals surface area contributed by atoms with Gasteiger partial charge in [-0.15, -0.1) is 0 Å². The number of aromatic nitrogens is 2. The fourth-order valence-electron chi connectivity index (χ4n) is 2.87. The van der Waals surface area contributed by atoms with Gasteiger partial charge in [-0.1, -0.05) is 24.3 Å². The third-order valence-electron chi connectivity index (χ3n) is 4.09. The number of hydrogen-bond donors (Lipinski definition) is 2. The lowest BCUT2D eigenvalue weighted by molar-refractivity contribution is 0.0916. The van der Waals surface area contributed by atoms with Crippen LogP contribution in [0, 0.1) is 0 Å². The van der Waals surface area contributed by atoms with E-state index >= 15 is 0 Å². The Balaban J connectivity index is 1.88. The highest BCUT2D eigenvalue weighted by molar-refractivity contribution is 6.02. The number of amides is 2. The first-order chi connectivity index (χ1) is 13.3. The summed E-state index contributed by atoms with van der Waals surface area (Å²) in [4.78, 5) is 29.8. The molecule has 0 aliphatic carbocycles. The number of para-hydroxylation sites is 1. The average molecular weight is 380 g/mol. The van der Waals surface area contributed by atoms with Gasteiger partial charge in [-0.3, -0.25) is 14.0 Å². The molecule has 146 valence electrons. The third kappa shape index (κ3) is 4.14. The predicted octanol–water partition coefficient (Wildman–Crippen LogP) is 2.80. The van der Waals surface area contributed by atoms with Gasteiger partial charge in [0.2, 0.25) is 5.82 Å². The van der Waals surface area contributed by atoms with Crippen LogP contribution in [0.25, 0.3) is 5.52 Å². The number of methoxy groups -OCH3 is 1. The predicted molar refractivity (Wildman–Crippen MR) is 107 cm³/mol. The van der Waals surface area contributed by atoms with E-state index in [1.807, 2.05) is 45.0 Å². The van der Waals surface area contributed by atoms with Crippen molar-refractivity contribution in [3.05, 3.63) is 65.7 Å². The van der Waals surface area contributed by atoms with Crippen molar-refractivity contribution >= 4 is 17.3 Å². The Morgan fingerprint density at radius 2 is 1.79 bits per heavy atom. The van der Waals surface area contributed by atoms with E-state index in [4.69, 9.17) is 4.74 Å². The molecule has 2 heterocycles. The number of carbonyl (C=O) groups is 2. The van der Waals surface area contributed by atoms with Gasteiger partial charge < -0.3 is 15.4 Å². The number of pyridine rings is 1. The topological polar surface area (TPSA) is 84.7 Å². The summed E-state index contributed by atoms with van der Waals surface area (Å²) in [6.07, 6.45) is 1.72. The molecule has 2 amide bonds. The van der Waals surface area contributed by atoms with Crippen LogP contribution in [0.1, 0.15) is 47.4 Å². The highest BCUT2D eigenvalue weighted by Crippen LogP contribution is 2.18. The number of fused-ring (bicyclic) bond motifs is 1. The normalized spacial score (nSPS) is 11.3. The summed E-state index contributed by atoms with van der Waals surface area (Å²) in [6, 6.07) is 12.8. The lowest BCUT2D eigenvalue weighted by atomic mass is 10.1. The van der Waals surface area contributed by atoms with Gasteiger partial charge in [-0.05, 0) is 39.0 Å². The Hall–Kier alpha value is -3.35. The Morgan fingerprint density at radius 3 is 2.50 bits per heavy atom. The van der Waals surface area contributed by atoms with Crippen molar-refractivity contribution < 1.29 is 14.3 Å². The molecule has 0 atom stereocenters. The van der Waals surface area contributed by atoms with Gasteiger partial charge >= 0.3 is 0 Å². The summed E-state index contributed by atoms with van der Waals surface area (Å²) in [5.74, 6) is 0.160. The van der Waals surface area contributed by atoms with Gasteiger partial charge in [0.1, 0.15) is 5.75 Å². The van der Waals surface area contributed by atoms with Crippen LogP contribution in [0.5, 0.6) is 5.75 Å². The van der Waals surface area contributed by atoms with Crippen molar-refractivity contribution in [1.82, 2.24) is 20.0 Å². The molecule has 2 N–H and O–H groups in total. The second-order valence-electron chi connectivity index (χ2n) is 7.44. The fourth-order valence-corrected chi connectivity index (χ4v) is 2.87. The molecule has 3 rings (SSSR count). The van der Waals surface area contributed by atoms with Gasteiger partial charge in [0.05, 0.1) is 12.6 Å². The minimum Gasteiger partial charge on any atom is -0.496 e. The maximum atomic E-state index is 12.8. The van der Waals surface area contributed by atoms with E-state index in [2.05, 4.69) is 15.6 Å². The molecule has 28 heavy (non-hydrogen) atoms. The largest absolute Gasteiger partial charge is 0.496 e.